The Bertz CT molecular complexity index is 494. The molecule has 116 valence electrons. The number of nitrogens with zero attached hydrogens (tertiary/aromatic N) is 1. The number of urea groups is 1. The van der Waals surface area contributed by atoms with E-state index in [0.29, 0.717) is 25.1 Å². The maximum absolute atomic E-state index is 13.2. The summed E-state index contributed by atoms with van der Waals surface area (Å²) in [5, 5.41) is 11.4. The number of carbonyl (C=O) groups excluding carboxylic acids is 1. The standard InChI is InChI=1S/C15H21FN2O3/c1-3-18(13-8-5-7-12(16)10-13)15(21)17-11(2)6-4-9-14(19)20/h5,7-8,10-11H,3-4,6,9H2,1-2H3,(H,17,21)(H,19,20). The van der Waals surface area contributed by atoms with E-state index >= 15 is 0 Å². The van der Waals surface area contributed by atoms with Crippen LogP contribution in [-0.4, -0.2) is 29.7 Å². The Morgan fingerprint density at radius 1 is 1.43 bits per heavy atom. The van der Waals surface area contributed by atoms with Gasteiger partial charge in [-0.15, -0.1) is 0 Å². The predicted molar refractivity (Wildman–Crippen MR) is 78.9 cm³/mol. The number of anilines is 1. The van der Waals surface area contributed by atoms with Crippen molar-refractivity contribution in [2.75, 3.05) is 11.4 Å². The summed E-state index contributed by atoms with van der Waals surface area (Å²) in [6.45, 7) is 4.04. The molecule has 1 rings (SSSR count). The van der Waals surface area contributed by atoms with Gasteiger partial charge in [-0.25, -0.2) is 9.18 Å². The average molecular weight is 296 g/mol. The maximum Gasteiger partial charge on any atom is 0.322 e. The minimum Gasteiger partial charge on any atom is -0.481 e. The number of hydrogen-bond donors (Lipinski definition) is 2. The Kier molecular flexibility index (Phi) is 6.65. The van der Waals surface area contributed by atoms with Crippen LogP contribution in [0.5, 0.6) is 0 Å². The molecule has 0 radical (unpaired) electrons. The molecule has 2 amide bonds. The van der Waals surface area contributed by atoms with Crippen molar-refractivity contribution in [3.63, 3.8) is 0 Å². The molecule has 5 nitrogen and oxygen atoms in total. The lowest BCUT2D eigenvalue weighted by atomic mass is 10.1. The van der Waals surface area contributed by atoms with Crippen LogP contribution in [0.4, 0.5) is 14.9 Å². The fraction of sp³-hybridized carbons (Fsp3) is 0.467. The third-order valence-electron chi connectivity index (χ3n) is 3.08. The van der Waals surface area contributed by atoms with Crippen LogP contribution in [0.1, 0.15) is 33.1 Å². The molecule has 0 fully saturated rings. The fourth-order valence-electron chi connectivity index (χ4n) is 2.01. The van der Waals surface area contributed by atoms with Gasteiger partial charge in [-0.2, -0.15) is 0 Å². The summed E-state index contributed by atoms with van der Waals surface area (Å²) in [6.07, 6.45) is 1.17. The van der Waals surface area contributed by atoms with Crippen molar-refractivity contribution in [2.45, 2.75) is 39.2 Å². The van der Waals surface area contributed by atoms with Crippen LogP contribution < -0.4 is 10.2 Å². The molecule has 0 aliphatic heterocycles. The van der Waals surface area contributed by atoms with Gasteiger partial charge in [0.05, 0.1) is 0 Å². The molecule has 0 heterocycles. The first kappa shape index (κ1) is 16.9. The van der Waals surface area contributed by atoms with E-state index in [2.05, 4.69) is 5.32 Å². The number of nitrogens with one attached hydrogen (secondary N) is 1. The summed E-state index contributed by atoms with van der Waals surface area (Å²) >= 11 is 0. The normalized spacial score (nSPS) is 11.8. The van der Waals surface area contributed by atoms with Gasteiger partial charge in [0.1, 0.15) is 5.82 Å². The third kappa shape index (κ3) is 5.81. The second-order valence-electron chi connectivity index (χ2n) is 4.86. The van der Waals surface area contributed by atoms with Gasteiger partial charge >= 0.3 is 12.0 Å². The quantitative estimate of drug-likeness (QED) is 0.812. The number of benzene rings is 1. The van der Waals surface area contributed by atoms with E-state index < -0.39 is 11.8 Å². The molecule has 0 aliphatic carbocycles. The maximum atomic E-state index is 13.2. The number of carbonyl (C=O) groups is 2. The van der Waals surface area contributed by atoms with Gasteiger partial charge in [0.2, 0.25) is 0 Å². The molecular weight excluding hydrogens is 275 g/mol. The van der Waals surface area contributed by atoms with Crippen LogP contribution >= 0.6 is 0 Å². The highest BCUT2D eigenvalue weighted by atomic mass is 19.1. The summed E-state index contributed by atoms with van der Waals surface area (Å²) < 4.78 is 13.2. The zero-order valence-corrected chi connectivity index (χ0v) is 12.3. The van der Waals surface area contributed by atoms with Crippen LogP contribution in [0.25, 0.3) is 0 Å². The first-order chi connectivity index (χ1) is 9.93. The van der Waals surface area contributed by atoms with E-state index in [4.69, 9.17) is 5.11 Å². The van der Waals surface area contributed by atoms with Gasteiger partial charge < -0.3 is 10.4 Å². The topological polar surface area (TPSA) is 69.6 Å². The number of halogens is 1. The summed E-state index contributed by atoms with van der Waals surface area (Å²) in [5.41, 5.74) is 0.493. The van der Waals surface area contributed by atoms with Gasteiger partial charge in [-0.1, -0.05) is 6.07 Å². The van der Waals surface area contributed by atoms with Crippen molar-refractivity contribution in [1.82, 2.24) is 5.32 Å². The molecule has 0 saturated carbocycles. The number of amides is 2. The molecule has 6 heteroatoms. The molecule has 1 unspecified atom stereocenters. The minimum absolute atomic E-state index is 0.0849. The van der Waals surface area contributed by atoms with Crippen molar-refractivity contribution in [3.05, 3.63) is 30.1 Å². The van der Waals surface area contributed by atoms with E-state index in [1.807, 2.05) is 6.92 Å². The van der Waals surface area contributed by atoms with E-state index in [1.54, 1.807) is 19.1 Å². The average Bonchev–Trinajstić information content (AvgIpc) is 2.39. The Balaban J connectivity index is 2.57. The third-order valence-corrected chi connectivity index (χ3v) is 3.08. The summed E-state index contributed by atoms with van der Waals surface area (Å²) in [4.78, 5) is 24.1. The van der Waals surface area contributed by atoms with Crippen LogP contribution in [0.15, 0.2) is 24.3 Å². The Hall–Kier alpha value is -2.11. The monoisotopic (exact) mass is 296 g/mol. The molecule has 0 spiro atoms. The molecule has 1 aromatic carbocycles. The van der Waals surface area contributed by atoms with E-state index in [1.165, 1.54) is 17.0 Å². The highest BCUT2D eigenvalue weighted by molar-refractivity contribution is 5.92. The molecule has 21 heavy (non-hydrogen) atoms. The second-order valence-corrected chi connectivity index (χ2v) is 4.86. The largest absolute Gasteiger partial charge is 0.481 e. The molecule has 1 atom stereocenters. The van der Waals surface area contributed by atoms with Crippen molar-refractivity contribution < 1.29 is 19.1 Å². The van der Waals surface area contributed by atoms with Gasteiger partial charge in [-0.3, -0.25) is 9.69 Å². The Labute approximate surface area is 123 Å². The van der Waals surface area contributed by atoms with Gasteiger partial charge in [0.25, 0.3) is 0 Å². The summed E-state index contributed by atoms with van der Waals surface area (Å²) in [6, 6.07) is 5.39. The molecule has 2 N–H and O–H groups in total. The van der Waals surface area contributed by atoms with Crippen LogP contribution in [0.2, 0.25) is 0 Å². The first-order valence-electron chi connectivity index (χ1n) is 6.99. The smallest absolute Gasteiger partial charge is 0.322 e. The van der Waals surface area contributed by atoms with Crippen LogP contribution in [0, 0.1) is 5.82 Å². The number of carboxylic acids is 1. The highest BCUT2D eigenvalue weighted by Crippen LogP contribution is 2.15. The number of aliphatic carboxylic acids is 1. The lowest BCUT2D eigenvalue weighted by molar-refractivity contribution is -0.137. The molecule has 0 saturated heterocycles. The van der Waals surface area contributed by atoms with Crippen LogP contribution in [-0.2, 0) is 4.79 Å². The zero-order chi connectivity index (χ0) is 15.8. The van der Waals surface area contributed by atoms with Gasteiger partial charge in [-0.05, 0) is 44.9 Å². The fourth-order valence-corrected chi connectivity index (χ4v) is 2.01. The molecule has 0 aromatic heterocycles. The zero-order valence-electron chi connectivity index (χ0n) is 12.3. The first-order valence-corrected chi connectivity index (χ1v) is 6.99. The van der Waals surface area contributed by atoms with Crippen molar-refractivity contribution >= 4 is 17.7 Å². The number of hydrogen-bond acceptors (Lipinski definition) is 2. The lowest BCUT2D eigenvalue weighted by Gasteiger charge is -2.24. The minimum atomic E-state index is -0.844. The summed E-state index contributed by atoms with van der Waals surface area (Å²) in [5.74, 6) is -1.24. The molecule has 0 aliphatic rings. The summed E-state index contributed by atoms with van der Waals surface area (Å²) in [7, 11) is 0. The van der Waals surface area contributed by atoms with Crippen molar-refractivity contribution in [2.24, 2.45) is 0 Å². The predicted octanol–water partition coefficient (Wildman–Crippen LogP) is 3.01. The second kappa shape index (κ2) is 8.24. The Morgan fingerprint density at radius 3 is 2.71 bits per heavy atom. The molecule has 0 bridgehead atoms. The SMILES string of the molecule is CCN(C(=O)NC(C)CCCC(=O)O)c1cccc(F)c1. The van der Waals surface area contributed by atoms with Crippen molar-refractivity contribution in [1.29, 1.82) is 0 Å². The number of carboxylic acid groups (broad SMARTS) is 1. The van der Waals surface area contributed by atoms with E-state index in [-0.39, 0.29) is 18.5 Å². The van der Waals surface area contributed by atoms with Gasteiger partial charge in [0, 0.05) is 24.7 Å². The molecular formula is C15H21FN2O3. The lowest BCUT2D eigenvalue weighted by Crippen LogP contribution is -2.44. The highest BCUT2D eigenvalue weighted by Gasteiger charge is 2.16. The van der Waals surface area contributed by atoms with Gasteiger partial charge in [0.15, 0.2) is 0 Å². The molecule has 1 aromatic rings. The van der Waals surface area contributed by atoms with E-state index in [9.17, 15) is 14.0 Å². The van der Waals surface area contributed by atoms with Crippen LogP contribution in [0.3, 0.4) is 0 Å². The number of rotatable bonds is 7. The van der Waals surface area contributed by atoms with Crippen molar-refractivity contribution in [3.8, 4) is 0 Å². The van der Waals surface area contributed by atoms with E-state index in [0.717, 1.165) is 0 Å². The Morgan fingerprint density at radius 2 is 2.14 bits per heavy atom.